The summed E-state index contributed by atoms with van der Waals surface area (Å²) < 4.78 is 0. The fourth-order valence-corrected chi connectivity index (χ4v) is 2.08. The number of nitrogens with zero attached hydrogens (tertiary/aromatic N) is 2. The molecule has 1 atom stereocenters. The van der Waals surface area contributed by atoms with E-state index in [2.05, 4.69) is 9.88 Å². The molecule has 0 saturated heterocycles. The van der Waals surface area contributed by atoms with E-state index < -0.39 is 6.10 Å². The Kier molecular flexibility index (Phi) is 5.09. The second-order valence-electron chi connectivity index (χ2n) is 5.05. The molecule has 0 fully saturated rings. The molecule has 3 N–H and O–H groups in total. The van der Waals surface area contributed by atoms with E-state index >= 15 is 0 Å². The van der Waals surface area contributed by atoms with Gasteiger partial charge in [0.05, 0.1) is 6.10 Å². The third-order valence-corrected chi connectivity index (χ3v) is 3.34. The molecule has 0 aliphatic carbocycles. The summed E-state index contributed by atoms with van der Waals surface area (Å²) in [6.45, 7) is 1.51. The average Bonchev–Trinajstić information content (AvgIpc) is 2.47. The number of pyridine rings is 1. The Bertz CT molecular complexity index is 513. The number of benzene rings is 1. The van der Waals surface area contributed by atoms with Gasteiger partial charge in [0.25, 0.3) is 0 Å². The Morgan fingerprint density at radius 1 is 1.15 bits per heavy atom. The lowest BCUT2D eigenvalue weighted by Crippen LogP contribution is -2.26. The predicted octanol–water partition coefficient (Wildman–Crippen LogP) is 1.87. The molecule has 4 heteroatoms. The number of aliphatic hydroxyl groups is 1. The minimum atomic E-state index is -0.488. The molecule has 1 unspecified atom stereocenters. The first-order chi connectivity index (χ1) is 9.65. The number of nitrogen functional groups attached to an aromatic ring is 1. The standard InChI is InChI=1S/C16H21N3O/c1-19(11-8-13-6-9-18-10-7-13)12-16(20)14-2-4-15(17)5-3-14/h2-7,9-10,16,20H,8,11-12,17H2,1H3. The van der Waals surface area contributed by atoms with Crippen molar-refractivity contribution in [2.75, 3.05) is 25.9 Å². The molecule has 0 aliphatic rings. The van der Waals surface area contributed by atoms with Crippen LogP contribution in [0.15, 0.2) is 48.8 Å². The van der Waals surface area contributed by atoms with Gasteiger partial charge < -0.3 is 15.7 Å². The summed E-state index contributed by atoms with van der Waals surface area (Å²) in [5.41, 5.74) is 8.51. The van der Waals surface area contributed by atoms with Gasteiger partial charge in [0, 0.05) is 31.2 Å². The second-order valence-corrected chi connectivity index (χ2v) is 5.05. The highest BCUT2D eigenvalue weighted by Crippen LogP contribution is 2.15. The van der Waals surface area contributed by atoms with Crippen molar-refractivity contribution in [3.63, 3.8) is 0 Å². The number of rotatable bonds is 6. The second kappa shape index (κ2) is 7.03. The number of anilines is 1. The van der Waals surface area contributed by atoms with Gasteiger partial charge in [0.2, 0.25) is 0 Å². The van der Waals surface area contributed by atoms with Crippen molar-refractivity contribution in [1.82, 2.24) is 9.88 Å². The fraction of sp³-hybridized carbons (Fsp3) is 0.312. The van der Waals surface area contributed by atoms with Gasteiger partial charge >= 0.3 is 0 Å². The zero-order valence-electron chi connectivity index (χ0n) is 11.7. The van der Waals surface area contributed by atoms with Crippen LogP contribution >= 0.6 is 0 Å². The van der Waals surface area contributed by atoms with Gasteiger partial charge in [-0.1, -0.05) is 12.1 Å². The van der Waals surface area contributed by atoms with Gasteiger partial charge in [-0.3, -0.25) is 4.98 Å². The Morgan fingerprint density at radius 2 is 1.80 bits per heavy atom. The van der Waals surface area contributed by atoms with Crippen LogP contribution in [-0.4, -0.2) is 35.1 Å². The van der Waals surface area contributed by atoms with E-state index in [0.29, 0.717) is 12.2 Å². The maximum atomic E-state index is 10.2. The third kappa shape index (κ3) is 4.33. The first-order valence-corrected chi connectivity index (χ1v) is 6.76. The monoisotopic (exact) mass is 271 g/mol. The summed E-state index contributed by atoms with van der Waals surface area (Å²) >= 11 is 0. The van der Waals surface area contributed by atoms with Crippen molar-refractivity contribution in [1.29, 1.82) is 0 Å². The maximum Gasteiger partial charge on any atom is 0.0916 e. The number of aliphatic hydroxyl groups excluding tert-OH is 1. The summed E-state index contributed by atoms with van der Waals surface area (Å²) in [6.07, 6.45) is 4.07. The van der Waals surface area contributed by atoms with E-state index in [1.165, 1.54) is 5.56 Å². The van der Waals surface area contributed by atoms with Crippen LogP contribution in [0.1, 0.15) is 17.2 Å². The third-order valence-electron chi connectivity index (χ3n) is 3.34. The summed E-state index contributed by atoms with van der Waals surface area (Å²) in [4.78, 5) is 6.13. The highest BCUT2D eigenvalue weighted by Gasteiger charge is 2.10. The zero-order valence-corrected chi connectivity index (χ0v) is 11.7. The first kappa shape index (κ1) is 14.5. The molecule has 0 saturated carbocycles. The number of hydrogen-bond acceptors (Lipinski definition) is 4. The van der Waals surface area contributed by atoms with Crippen LogP contribution in [-0.2, 0) is 6.42 Å². The molecule has 0 aliphatic heterocycles. The zero-order chi connectivity index (χ0) is 14.4. The molecule has 2 aromatic rings. The minimum Gasteiger partial charge on any atom is -0.399 e. The molecule has 1 aromatic carbocycles. The predicted molar refractivity (Wildman–Crippen MR) is 81.3 cm³/mol. The Morgan fingerprint density at radius 3 is 2.45 bits per heavy atom. The fourth-order valence-electron chi connectivity index (χ4n) is 2.08. The molecular weight excluding hydrogens is 250 g/mol. The lowest BCUT2D eigenvalue weighted by molar-refractivity contribution is 0.127. The van der Waals surface area contributed by atoms with Crippen molar-refractivity contribution in [2.24, 2.45) is 0 Å². The van der Waals surface area contributed by atoms with Crippen molar-refractivity contribution < 1.29 is 5.11 Å². The summed E-state index contributed by atoms with van der Waals surface area (Å²) in [5, 5.41) is 10.2. The topological polar surface area (TPSA) is 62.4 Å². The quantitative estimate of drug-likeness (QED) is 0.787. The van der Waals surface area contributed by atoms with Crippen LogP contribution in [0.5, 0.6) is 0 Å². The largest absolute Gasteiger partial charge is 0.399 e. The summed E-state index contributed by atoms with van der Waals surface area (Å²) in [7, 11) is 2.02. The van der Waals surface area contributed by atoms with Crippen molar-refractivity contribution >= 4 is 5.69 Å². The SMILES string of the molecule is CN(CCc1ccncc1)CC(O)c1ccc(N)cc1. The highest BCUT2D eigenvalue weighted by atomic mass is 16.3. The van der Waals surface area contributed by atoms with Crippen LogP contribution in [0.2, 0.25) is 0 Å². The van der Waals surface area contributed by atoms with E-state index in [9.17, 15) is 5.11 Å². The molecule has 0 amide bonds. The van der Waals surface area contributed by atoms with E-state index in [4.69, 9.17) is 5.73 Å². The van der Waals surface area contributed by atoms with Crippen molar-refractivity contribution in [3.05, 3.63) is 59.9 Å². The molecule has 1 aromatic heterocycles. The molecular formula is C16H21N3O. The van der Waals surface area contributed by atoms with Crippen molar-refractivity contribution in [3.8, 4) is 0 Å². The van der Waals surface area contributed by atoms with Gasteiger partial charge in [-0.15, -0.1) is 0 Å². The number of hydrogen-bond donors (Lipinski definition) is 2. The number of nitrogens with two attached hydrogens (primary N) is 1. The van der Waals surface area contributed by atoms with Crippen LogP contribution in [0.4, 0.5) is 5.69 Å². The molecule has 1 heterocycles. The molecule has 0 bridgehead atoms. The Balaban J connectivity index is 1.82. The van der Waals surface area contributed by atoms with E-state index in [1.807, 2.05) is 43.4 Å². The normalized spacial score (nSPS) is 12.6. The number of aromatic nitrogens is 1. The van der Waals surface area contributed by atoms with Gasteiger partial charge in [-0.05, 0) is 48.9 Å². The minimum absolute atomic E-state index is 0.488. The molecule has 4 nitrogen and oxygen atoms in total. The smallest absolute Gasteiger partial charge is 0.0916 e. The van der Waals surface area contributed by atoms with Gasteiger partial charge in [0.15, 0.2) is 0 Å². The molecule has 0 radical (unpaired) electrons. The van der Waals surface area contributed by atoms with Crippen LogP contribution in [0, 0.1) is 0 Å². The van der Waals surface area contributed by atoms with Crippen molar-refractivity contribution in [2.45, 2.75) is 12.5 Å². The van der Waals surface area contributed by atoms with Gasteiger partial charge in [-0.25, -0.2) is 0 Å². The Hall–Kier alpha value is -1.91. The van der Waals surface area contributed by atoms with E-state index in [1.54, 1.807) is 12.4 Å². The molecule has 0 spiro atoms. The first-order valence-electron chi connectivity index (χ1n) is 6.76. The van der Waals surface area contributed by atoms with Gasteiger partial charge in [0.1, 0.15) is 0 Å². The highest BCUT2D eigenvalue weighted by molar-refractivity contribution is 5.39. The lowest BCUT2D eigenvalue weighted by Gasteiger charge is -2.20. The molecule has 20 heavy (non-hydrogen) atoms. The number of likely N-dealkylation sites (N-methyl/N-ethyl adjacent to an activating group) is 1. The van der Waals surface area contributed by atoms with Gasteiger partial charge in [-0.2, -0.15) is 0 Å². The Labute approximate surface area is 119 Å². The summed E-state index contributed by atoms with van der Waals surface area (Å²) in [6, 6.07) is 11.4. The summed E-state index contributed by atoms with van der Waals surface area (Å²) in [5.74, 6) is 0. The maximum absolute atomic E-state index is 10.2. The lowest BCUT2D eigenvalue weighted by atomic mass is 10.1. The average molecular weight is 271 g/mol. The van der Waals surface area contributed by atoms with Crippen LogP contribution in [0.3, 0.4) is 0 Å². The van der Waals surface area contributed by atoms with E-state index in [-0.39, 0.29) is 0 Å². The van der Waals surface area contributed by atoms with E-state index in [0.717, 1.165) is 18.5 Å². The van der Waals surface area contributed by atoms with Crippen LogP contribution in [0.25, 0.3) is 0 Å². The molecule has 106 valence electrons. The molecule has 2 rings (SSSR count). The van der Waals surface area contributed by atoms with Crippen LogP contribution < -0.4 is 5.73 Å².